The molecular formula is C17H15N3OS. The molecule has 0 saturated carbocycles. The standard InChI is InChI=1S/C17H15N3OS/c1-13-20-16(11-22-13)10-21-17-6-3-14(4-7-17)2-5-15-8-9-18-12-19-15/h2-9,11-12H,10H2,1H3. The largest absolute Gasteiger partial charge is 0.487 e. The van der Waals surface area contributed by atoms with Crippen LogP contribution >= 0.6 is 11.3 Å². The zero-order chi connectivity index (χ0) is 15.2. The highest BCUT2D eigenvalue weighted by Crippen LogP contribution is 2.16. The molecule has 0 atom stereocenters. The molecule has 0 fully saturated rings. The first-order valence-corrected chi connectivity index (χ1v) is 7.75. The lowest BCUT2D eigenvalue weighted by molar-refractivity contribution is 0.302. The molecule has 0 bridgehead atoms. The average molecular weight is 309 g/mol. The molecule has 0 radical (unpaired) electrons. The van der Waals surface area contributed by atoms with Crippen LogP contribution in [0.1, 0.15) is 22.0 Å². The van der Waals surface area contributed by atoms with Crippen LogP contribution in [-0.2, 0) is 6.61 Å². The first-order chi connectivity index (χ1) is 10.8. The average Bonchev–Trinajstić information content (AvgIpc) is 2.98. The summed E-state index contributed by atoms with van der Waals surface area (Å²) in [4.78, 5) is 12.4. The van der Waals surface area contributed by atoms with Crippen LogP contribution in [0.3, 0.4) is 0 Å². The molecule has 1 aromatic carbocycles. The van der Waals surface area contributed by atoms with Gasteiger partial charge in [-0.2, -0.15) is 0 Å². The van der Waals surface area contributed by atoms with Gasteiger partial charge in [0.15, 0.2) is 0 Å². The van der Waals surface area contributed by atoms with Crippen LogP contribution in [0, 0.1) is 6.92 Å². The lowest BCUT2D eigenvalue weighted by atomic mass is 10.2. The molecular weight excluding hydrogens is 294 g/mol. The van der Waals surface area contributed by atoms with Crippen LogP contribution in [0.5, 0.6) is 5.75 Å². The second-order valence-electron chi connectivity index (χ2n) is 4.68. The van der Waals surface area contributed by atoms with Crippen molar-refractivity contribution in [3.05, 3.63) is 70.2 Å². The lowest BCUT2D eigenvalue weighted by Gasteiger charge is -2.04. The zero-order valence-corrected chi connectivity index (χ0v) is 13.0. The Bertz CT molecular complexity index is 751. The van der Waals surface area contributed by atoms with Crippen molar-refractivity contribution < 1.29 is 4.74 Å². The maximum Gasteiger partial charge on any atom is 0.131 e. The van der Waals surface area contributed by atoms with E-state index in [0.29, 0.717) is 6.61 Å². The molecule has 5 heteroatoms. The van der Waals surface area contributed by atoms with Gasteiger partial charge in [-0.1, -0.05) is 18.2 Å². The summed E-state index contributed by atoms with van der Waals surface area (Å²) < 4.78 is 5.72. The highest BCUT2D eigenvalue weighted by molar-refractivity contribution is 7.09. The Labute approximate surface area is 133 Å². The van der Waals surface area contributed by atoms with Gasteiger partial charge in [0, 0.05) is 11.6 Å². The van der Waals surface area contributed by atoms with E-state index >= 15 is 0 Å². The van der Waals surface area contributed by atoms with Crippen molar-refractivity contribution in [2.24, 2.45) is 0 Å². The predicted molar refractivity (Wildman–Crippen MR) is 88.6 cm³/mol. The van der Waals surface area contributed by atoms with Crippen molar-refractivity contribution in [2.45, 2.75) is 13.5 Å². The second kappa shape index (κ2) is 6.95. The number of thiazole rings is 1. The van der Waals surface area contributed by atoms with Crippen molar-refractivity contribution in [3.8, 4) is 5.75 Å². The van der Waals surface area contributed by atoms with Crippen LogP contribution < -0.4 is 4.74 Å². The molecule has 2 aromatic heterocycles. The fourth-order valence-electron chi connectivity index (χ4n) is 1.89. The normalized spacial score (nSPS) is 11.0. The minimum Gasteiger partial charge on any atom is -0.487 e. The second-order valence-corrected chi connectivity index (χ2v) is 5.75. The van der Waals surface area contributed by atoms with Crippen molar-refractivity contribution in [1.82, 2.24) is 15.0 Å². The molecule has 3 aromatic rings. The first-order valence-electron chi connectivity index (χ1n) is 6.87. The molecule has 3 rings (SSSR count). The Balaban J connectivity index is 1.59. The number of hydrogen-bond acceptors (Lipinski definition) is 5. The Hall–Kier alpha value is -2.53. The SMILES string of the molecule is Cc1nc(COc2ccc(C=Cc3ccncn3)cc2)cs1. The number of nitrogens with zero attached hydrogens (tertiary/aromatic N) is 3. The maximum absolute atomic E-state index is 5.72. The van der Waals surface area contributed by atoms with Gasteiger partial charge in [-0.25, -0.2) is 15.0 Å². The number of aryl methyl sites for hydroxylation is 1. The maximum atomic E-state index is 5.72. The van der Waals surface area contributed by atoms with Crippen molar-refractivity contribution in [2.75, 3.05) is 0 Å². The molecule has 0 N–H and O–H groups in total. The number of rotatable bonds is 5. The summed E-state index contributed by atoms with van der Waals surface area (Å²) in [5, 5.41) is 3.08. The van der Waals surface area contributed by atoms with Gasteiger partial charge in [-0.3, -0.25) is 0 Å². The van der Waals surface area contributed by atoms with E-state index in [-0.39, 0.29) is 0 Å². The minimum atomic E-state index is 0.500. The quantitative estimate of drug-likeness (QED) is 0.715. The molecule has 0 amide bonds. The molecule has 0 unspecified atom stereocenters. The fraction of sp³-hybridized carbons (Fsp3) is 0.118. The molecule has 0 saturated heterocycles. The highest BCUT2D eigenvalue weighted by atomic mass is 32.1. The first kappa shape index (κ1) is 14.4. The Morgan fingerprint density at radius 2 is 2.00 bits per heavy atom. The Kier molecular flexibility index (Phi) is 4.56. The Morgan fingerprint density at radius 3 is 2.68 bits per heavy atom. The molecule has 4 nitrogen and oxygen atoms in total. The van der Waals surface area contributed by atoms with E-state index in [9.17, 15) is 0 Å². The van der Waals surface area contributed by atoms with Gasteiger partial charge in [-0.15, -0.1) is 11.3 Å². The van der Waals surface area contributed by atoms with Gasteiger partial charge in [0.1, 0.15) is 18.7 Å². The fourth-order valence-corrected chi connectivity index (χ4v) is 2.49. The number of benzene rings is 1. The molecule has 0 aliphatic rings. The van der Waals surface area contributed by atoms with Crippen molar-refractivity contribution in [3.63, 3.8) is 0 Å². The highest BCUT2D eigenvalue weighted by Gasteiger charge is 1.99. The molecule has 0 aliphatic carbocycles. The van der Waals surface area contributed by atoms with Gasteiger partial charge in [0.05, 0.1) is 16.4 Å². The van der Waals surface area contributed by atoms with E-state index in [1.54, 1.807) is 17.5 Å². The van der Waals surface area contributed by atoms with Crippen LogP contribution in [0.4, 0.5) is 0 Å². The van der Waals surface area contributed by atoms with Crippen LogP contribution in [0.15, 0.2) is 48.2 Å². The van der Waals surface area contributed by atoms with Gasteiger partial charge >= 0.3 is 0 Å². The minimum absolute atomic E-state index is 0.500. The van der Waals surface area contributed by atoms with E-state index in [1.165, 1.54) is 6.33 Å². The van der Waals surface area contributed by atoms with Crippen LogP contribution in [0.2, 0.25) is 0 Å². The summed E-state index contributed by atoms with van der Waals surface area (Å²) in [5.74, 6) is 0.838. The summed E-state index contributed by atoms with van der Waals surface area (Å²) in [6, 6.07) is 9.81. The lowest BCUT2D eigenvalue weighted by Crippen LogP contribution is -1.95. The van der Waals surface area contributed by atoms with Gasteiger partial charge < -0.3 is 4.74 Å². The monoisotopic (exact) mass is 309 g/mol. The summed E-state index contributed by atoms with van der Waals surface area (Å²) >= 11 is 1.64. The van der Waals surface area contributed by atoms with E-state index < -0.39 is 0 Å². The number of aromatic nitrogens is 3. The summed E-state index contributed by atoms with van der Waals surface area (Å²) in [6.45, 7) is 2.49. The molecule has 0 aliphatic heterocycles. The third kappa shape index (κ3) is 3.99. The zero-order valence-electron chi connectivity index (χ0n) is 12.1. The molecule has 110 valence electrons. The topological polar surface area (TPSA) is 47.9 Å². The molecule has 0 spiro atoms. The summed E-state index contributed by atoms with van der Waals surface area (Å²) in [7, 11) is 0. The van der Waals surface area contributed by atoms with Gasteiger partial charge in [-0.05, 0) is 36.8 Å². The van der Waals surface area contributed by atoms with Crippen molar-refractivity contribution in [1.29, 1.82) is 0 Å². The van der Waals surface area contributed by atoms with Crippen LogP contribution in [0.25, 0.3) is 12.2 Å². The van der Waals surface area contributed by atoms with Gasteiger partial charge in [0.2, 0.25) is 0 Å². The smallest absolute Gasteiger partial charge is 0.131 e. The number of ether oxygens (including phenoxy) is 1. The number of hydrogen-bond donors (Lipinski definition) is 0. The van der Waals surface area contributed by atoms with E-state index in [2.05, 4.69) is 15.0 Å². The third-order valence-electron chi connectivity index (χ3n) is 2.98. The van der Waals surface area contributed by atoms with E-state index in [4.69, 9.17) is 4.74 Å². The van der Waals surface area contributed by atoms with E-state index in [1.807, 2.05) is 54.8 Å². The van der Waals surface area contributed by atoms with E-state index in [0.717, 1.165) is 27.7 Å². The van der Waals surface area contributed by atoms with Crippen LogP contribution in [-0.4, -0.2) is 15.0 Å². The Morgan fingerprint density at radius 1 is 1.14 bits per heavy atom. The summed E-state index contributed by atoms with van der Waals surface area (Å²) in [6.07, 6.45) is 7.23. The third-order valence-corrected chi connectivity index (χ3v) is 3.81. The van der Waals surface area contributed by atoms with Crippen molar-refractivity contribution >= 4 is 23.5 Å². The molecule has 22 heavy (non-hydrogen) atoms. The predicted octanol–water partition coefficient (Wildman–Crippen LogP) is 3.99. The van der Waals surface area contributed by atoms with Gasteiger partial charge in [0.25, 0.3) is 0 Å². The summed E-state index contributed by atoms with van der Waals surface area (Å²) in [5.41, 5.74) is 2.94. The molecule has 2 heterocycles.